The van der Waals surface area contributed by atoms with Gasteiger partial charge >= 0.3 is 0 Å². The Labute approximate surface area is 107 Å². The number of nitrogens with one attached hydrogen (secondary N) is 1. The molecule has 1 aromatic heterocycles. The number of thiophene rings is 1. The first-order valence-electron chi connectivity index (χ1n) is 4.93. The number of benzene rings is 1. The maximum absolute atomic E-state index is 12.7. The third kappa shape index (κ3) is 3.28. The standard InChI is InChI=1S/C12H9ClFNOS/c13-11-6-5-10(17-11)7-15-12(16)8-1-3-9(14)4-2-8/h1-6H,7H2,(H,15,16). The topological polar surface area (TPSA) is 29.1 Å². The Hall–Kier alpha value is -1.39. The molecule has 0 atom stereocenters. The summed E-state index contributed by atoms with van der Waals surface area (Å²) in [6, 6.07) is 9.07. The average Bonchev–Trinajstić information content (AvgIpc) is 2.73. The molecule has 0 aliphatic rings. The lowest BCUT2D eigenvalue weighted by Gasteiger charge is -2.03. The Kier molecular flexibility index (Phi) is 3.76. The molecule has 1 amide bonds. The van der Waals surface area contributed by atoms with Gasteiger partial charge in [0, 0.05) is 10.4 Å². The van der Waals surface area contributed by atoms with E-state index in [4.69, 9.17) is 11.6 Å². The second-order valence-electron chi connectivity index (χ2n) is 3.40. The number of hydrogen-bond donors (Lipinski definition) is 1. The van der Waals surface area contributed by atoms with Gasteiger partial charge in [0.25, 0.3) is 5.91 Å². The van der Waals surface area contributed by atoms with Gasteiger partial charge in [0.1, 0.15) is 5.82 Å². The van der Waals surface area contributed by atoms with Crippen LogP contribution in [0.1, 0.15) is 15.2 Å². The Morgan fingerprint density at radius 1 is 1.24 bits per heavy atom. The zero-order valence-electron chi connectivity index (χ0n) is 8.74. The van der Waals surface area contributed by atoms with Crippen molar-refractivity contribution in [3.63, 3.8) is 0 Å². The first kappa shape index (κ1) is 12.1. The van der Waals surface area contributed by atoms with Gasteiger partial charge in [0.2, 0.25) is 0 Å². The third-order valence-electron chi connectivity index (χ3n) is 2.16. The van der Waals surface area contributed by atoms with Crippen LogP contribution < -0.4 is 5.32 Å². The van der Waals surface area contributed by atoms with Gasteiger partial charge in [-0.15, -0.1) is 11.3 Å². The van der Waals surface area contributed by atoms with Crippen LogP contribution in [0.3, 0.4) is 0 Å². The van der Waals surface area contributed by atoms with Gasteiger partial charge in [-0.05, 0) is 36.4 Å². The van der Waals surface area contributed by atoms with Crippen molar-refractivity contribution in [2.24, 2.45) is 0 Å². The molecule has 0 spiro atoms. The number of rotatable bonds is 3. The van der Waals surface area contributed by atoms with Crippen LogP contribution in [0.4, 0.5) is 4.39 Å². The maximum atomic E-state index is 12.7. The Balaban J connectivity index is 1.95. The van der Waals surface area contributed by atoms with E-state index in [0.717, 1.165) is 4.88 Å². The first-order chi connectivity index (χ1) is 8.15. The third-order valence-corrected chi connectivity index (χ3v) is 3.39. The Morgan fingerprint density at radius 3 is 2.53 bits per heavy atom. The minimum atomic E-state index is -0.355. The summed E-state index contributed by atoms with van der Waals surface area (Å²) < 4.78 is 13.3. The smallest absolute Gasteiger partial charge is 0.251 e. The quantitative estimate of drug-likeness (QED) is 0.908. The fourth-order valence-electron chi connectivity index (χ4n) is 1.32. The Morgan fingerprint density at radius 2 is 1.94 bits per heavy atom. The predicted molar refractivity (Wildman–Crippen MR) is 66.9 cm³/mol. The number of amides is 1. The molecule has 17 heavy (non-hydrogen) atoms. The highest BCUT2D eigenvalue weighted by Gasteiger charge is 2.05. The zero-order chi connectivity index (χ0) is 12.3. The largest absolute Gasteiger partial charge is 0.347 e. The van der Waals surface area contributed by atoms with Crippen molar-refractivity contribution < 1.29 is 9.18 Å². The van der Waals surface area contributed by atoms with Crippen LogP contribution in [0.15, 0.2) is 36.4 Å². The van der Waals surface area contributed by atoms with Crippen LogP contribution in [0.25, 0.3) is 0 Å². The van der Waals surface area contributed by atoms with Crippen LogP contribution in [-0.2, 0) is 6.54 Å². The van der Waals surface area contributed by atoms with Crippen LogP contribution >= 0.6 is 22.9 Å². The van der Waals surface area contributed by atoms with Gasteiger partial charge in [-0.2, -0.15) is 0 Å². The van der Waals surface area contributed by atoms with E-state index in [9.17, 15) is 9.18 Å². The van der Waals surface area contributed by atoms with Crippen LogP contribution in [0.2, 0.25) is 4.34 Å². The summed E-state index contributed by atoms with van der Waals surface area (Å²) in [7, 11) is 0. The highest BCUT2D eigenvalue weighted by atomic mass is 35.5. The summed E-state index contributed by atoms with van der Waals surface area (Å²) in [5, 5.41) is 2.74. The lowest BCUT2D eigenvalue weighted by molar-refractivity contribution is 0.0951. The number of hydrogen-bond acceptors (Lipinski definition) is 2. The van der Waals surface area contributed by atoms with Gasteiger partial charge in [-0.25, -0.2) is 4.39 Å². The molecule has 0 aliphatic carbocycles. The number of carbonyl (C=O) groups excluding carboxylic acids is 1. The summed E-state index contributed by atoms with van der Waals surface area (Å²) in [5.41, 5.74) is 0.439. The minimum absolute atomic E-state index is 0.227. The average molecular weight is 270 g/mol. The lowest BCUT2D eigenvalue weighted by atomic mass is 10.2. The van der Waals surface area contributed by atoms with Crippen molar-refractivity contribution in [1.82, 2.24) is 5.32 Å². The lowest BCUT2D eigenvalue weighted by Crippen LogP contribution is -2.22. The van der Waals surface area contributed by atoms with Crippen molar-refractivity contribution in [2.45, 2.75) is 6.54 Å². The molecule has 1 N–H and O–H groups in total. The normalized spacial score (nSPS) is 10.2. The summed E-state index contributed by atoms with van der Waals surface area (Å²) in [5.74, 6) is -0.582. The first-order valence-corrected chi connectivity index (χ1v) is 6.12. The maximum Gasteiger partial charge on any atom is 0.251 e. The van der Waals surface area contributed by atoms with E-state index >= 15 is 0 Å². The number of carbonyl (C=O) groups is 1. The van der Waals surface area contributed by atoms with E-state index < -0.39 is 0 Å². The van der Waals surface area contributed by atoms with E-state index in [2.05, 4.69) is 5.32 Å². The van der Waals surface area contributed by atoms with Crippen LogP contribution in [-0.4, -0.2) is 5.91 Å². The van der Waals surface area contributed by atoms with Crippen LogP contribution in [0.5, 0.6) is 0 Å². The molecule has 1 heterocycles. The van der Waals surface area contributed by atoms with Crippen molar-refractivity contribution in [2.75, 3.05) is 0 Å². The SMILES string of the molecule is O=C(NCc1ccc(Cl)s1)c1ccc(F)cc1. The second-order valence-corrected chi connectivity index (χ2v) is 5.20. The van der Waals surface area contributed by atoms with Crippen molar-refractivity contribution in [3.8, 4) is 0 Å². The molecule has 88 valence electrons. The predicted octanol–water partition coefficient (Wildman–Crippen LogP) is 3.47. The fraction of sp³-hybridized carbons (Fsp3) is 0.0833. The van der Waals surface area contributed by atoms with E-state index in [0.29, 0.717) is 16.4 Å². The summed E-state index contributed by atoms with van der Waals surface area (Å²) in [4.78, 5) is 12.7. The molecule has 2 rings (SSSR count). The number of halogens is 2. The van der Waals surface area contributed by atoms with Crippen molar-refractivity contribution in [3.05, 3.63) is 57.0 Å². The molecule has 1 aromatic carbocycles. The summed E-state index contributed by atoms with van der Waals surface area (Å²) >= 11 is 7.19. The van der Waals surface area contributed by atoms with Crippen LogP contribution in [0, 0.1) is 5.82 Å². The van der Waals surface area contributed by atoms with Gasteiger partial charge in [0.15, 0.2) is 0 Å². The van der Waals surface area contributed by atoms with E-state index in [1.165, 1.54) is 35.6 Å². The van der Waals surface area contributed by atoms with Crippen molar-refractivity contribution >= 4 is 28.8 Å². The molecule has 0 radical (unpaired) electrons. The molecule has 2 aromatic rings. The molecule has 5 heteroatoms. The monoisotopic (exact) mass is 269 g/mol. The Bertz CT molecular complexity index is 524. The molecular formula is C12H9ClFNOS. The van der Waals surface area contributed by atoms with Gasteiger partial charge in [-0.3, -0.25) is 4.79 Å². The van der Waals surface area contributed by atoms with Gasteiger partial charge in [0.05, 0.1) is 10.9 Å². The van der Waals surface area contributed by atoms with E-state index in [1.54, 1.807) is 6.07 Å². The van der Waals surface area contributed by atoms with E-state index in [1.807, 2.05) is 6.07 Å². The molecule has 0 saturated carbocycles. The summed E-state index contributed by atoms with van der Waals surface area (Å²) in [6.07, 6.45) is 0. The van der Waals surface area contributed by atoms with Crippen molar-refractivity contribution in [1.29, 1.82) is 0 Å². The fourth-order valence-corrected chi connectivity index (χ4v) is 2.34. The molecule has 0 bridgehead atoms. The molecule has 0 unspecified atom stereocenters. The second kappa shape index (κ2) is 5.29. The minimum Gasteiger partial charge on any atom is -0.347 e. The molecular weight excluding hydrogens is 261 g/mol. The highest BCUT2D eigenvalue weighted by molar-refractivity contribution is 7.16. The van der Waals surface area contributed by atoms with Gasteiger partial charge in [-0.1, -0.05) is 11.6 Å². The molecule has 0 saturated heterocycles. The zero-order valence-corrected chi connectivity index (χ0v) is 10.3. The van der Waals surface area contributed by atoms with Gasteiger partial charge < -0.3 is 5.32 Å². The molecule has 2 nitrogen and oxygen atoms in total. The van der Waals surface area contributed by atoms with E-state index in [-0.39, 0.29) is 11.7 Å². The summed E-state index contributed by atoms with van der Waals surface area (Å²) in [6.45, 7) is 0.424. The molecule has 0 aliphatic heterocycles. The highest BCUT2D eigenvalue weighted by Crippen LogP contribution is 2.21. The molecule has 0 fully saturated rings.